The van der Waals surface area contributed by atoms with E-state index in [4.69, 9.17) is 52.8 Å². The summed E-state index contributed by atoms with van der Waals surface area (Å²) in [5.41, 5.74) is 10.6. The Morgan fingerprint density at radius 3 is 1.27 bits per heavy atom. The maximum absolute atomic E-state index is 14.6. The van der Waals surface area contributed by atoms with Gasteiger partial charge in [-0.2, -0.15) is 0 Å². The molecule has 18 heteroatoms. The second-order valence-electron chi connectivity index (χ2n) is 24.3. The van der Waals surface area contributed by atoms with E-state index in [-0.39, 0.29) is 35.1 Å². The molecule has 93 heavy (non-hydrogen) atoms. The molecule has 0 aliphatic heterocycles. The summed E-state index contributed by atoms with van der Waals surface area (Å²) in [5, 5.41) is 12.6. The summed E-state index contributed by atoms with van der Waals surface area (Å²) in [6.07, 6.45) is 2.52. The standard InChI is InChI=1S/C75H104N4O13Si/c1-60(2)69(38-41-83-43-45-85-47-49-87-51-53-89-55-57-91-58-56-90-54-52-88-50-48-86-46-44-84-42-39-71(76)80)72(81)79-70(29-19-20-40-77-75(63-21-11-7-12-22-63,64-23-13-8-14-24-64)65-34-30-61(3)31-35-65)73(82)78-66-36-32-62(33-37-66)59-92-93(74(4,5)6,67-25-15-9-16-26-67)68-27-17-10-18-28-68/h7-18,21-28,30-37,60,69-70,77H,19-20,29,38-59H2,1-6H3,(H2,76,80)(H,78,82)(H,79,81)/t69-,70-/m0/s1. The van der Waals surface area contributed by atoms with Gasteiger partial charge >= 0.3 is 0 Å². The maximum atomic E-state index is 14.6. The number of amides is 3. The molecule has 3 amide bonds. The van der Waals surface area contributed by atoms with Crippen LogP contribution in [0.5, 0.6) is 0 Å². The lowest BCUT2D eigenvalue weighted by Crippen LogP contribution is -2.66. The van der Waals surface area contributed by atoms with Crippen LogP contribution in [0.2, 0.25) is 5.04 Å². The molecule has 0 unspecified atom stereocenters. The van der Waals surface area contributed by atoms with Crippen LogP contribution in [-0.4, -0.2) is 158 Å². The third-order valence-electron chi connectivity index (χ3n) is 16.1. The lowest BCUT2D eigenvalue weighted by Gasteiger charge is -2.43. The molecule has 5 N–H and O–H groups in total. The van der Waals surface area contributed by atoms with Crippen molar-refractivity contribution < 1.29 is 61.4 Å². The van der Waals surface area contributed by atoms with Crippen LogP contribution >= 0.6 is 0 Å². The predicted molar refractivity (Wildman–Crippen MR) is 369 cm³/mol. The minimum Gasteiger partial charge on any atom is -0.403 e. The van der Waals surface area contributed by atoms with E-state index in [0.717, 1.165) is 28.7 Å². The quantitative estimate of drug-likeness (QED) is 0.0159. The Morgan fingerprint density at radius 2 is 0.860 bits per heavy atom. The molecule has 17 nitrogen and oxygen atoms in total. The number of carbonyl (C=O) groups is 3. The Bertz CT molecular complexity index is 2880. The van der Waals surface area contributed by atoms with E-state index >= 15 is 0 Å². The SMILES string of the molecule is Cc1ccc(C(NCCCC[C@H](NC(=O)[C@@H](CCOCCOCCOCCOCCOCCOCCOCCOCCOCCC(N)=O)C(C)C)C(=O)Nc2ccc(CO[Si](c3ccccc3)(c3ccccc3)C(C)(C)C)cc2)(c2ccccc2)c2ccccc2)cc1. The van der Waals surface area contributed by atoms with Crippen molar-refractivity contribution in [1.82, 2.24) is 10.6 Å². The molecule has 0 saturated carbocycles. The molecule has 0 aliphatic carbocycles. The van der Waals surface area contributed by atoms with E-state index in [1.807, 2.05) is 62.4 Å². The highest BCUT2D eigenvalue weighted by atomic mass is 28.4. The van der Waals surface area contributed by atoms with Crippen molar-refractivity contribution in [2.75, 3.05) is 131 Å². The molecule has 0 aromatic heterocycles. The van der Waals surface area contributed by atoms with Crippen molar-refractivity contribution in [1.29, 1.82) is 0 Å². The van der Waals surface area contributed by atoms with Crippen LogP contribution in [0.15, 0.2) is 170 Å². The fourth-order valence-electron chi connectivity index (χ4n) is 11.2. The number of hydrogen-bond donors (Lipinski definition) is 4. The number of anilines is 1. The molecule has 0 radical (unpaired) electrons. The zero-order valence-electron chi connectivity index (χ0n) is 56.0. The average molecular weight is 1300 g/mol. The Labute approximate surface area is 554 Å². The highest BCUT2D eigenvalue weighted by Crippen LogP contribution is 2.39. The molecule has 6 aromatic carbocycles. The topological polar surface area (TPSA) is 206 Å². The molecule has 0 aliphatic rings. The van der Waals surface area contributed by atoms with Gasteiger partial charge < -0.3 is 63.4 Å². The van der Waals surface area contributed by atoms with Crippen molar-refractivity contribution >= 4 is 42.1 Å². The van der Waals surface area contributed by atoms with E-state index in [1.165, 1.54) is 15.9 Å². The smallest absolute Gasteiger partial charge is 0.261 e. The minimum absolute atomic E-state index is 0.00771. The molecule has 6 aromatic rings. The number of rotatable bonds is 49. The fourth-order valence-corrected chi connectivity index (χ4v) is 15.7. The number of nitrogens with two attached hydrogens (primary N) is 1. The van der Waals surface area contributed by atoms with E-state index in [1.54, 1.807) is 0 Å². The zero-order valence-corrected chi connectivity index (χ0v) is 57.0. The van der Waals surface area contributed by atoms with E-state index in [9.17, 15) is 14.4 Å². The molecule has 506 valence electrons. The molecule has 2 atom stereocenters. The minimum atomic E-state index is -2.79. The van der Waals surface area contributed by atoms with E-state index < -0.39 is 25.8 Å². The summed E-state index contributed by atoms with van der Waals surface area (Å²) in [6, 6.07) is 58.1. The number of nitrogens with one attached hydrogen (secondary N) is 3. The van der Waals surface area contributed by atoms with Crippen molar-refractivity contribution in [3.8, 4) is 0 Å². The van der Waals surface area contributed by atoms with Gasteiger partial charge in [0, 0.05) is 24.6 Å². The summed E-state index contributed by atoms with van der Waals surface area (Å²) in [7, 11) is -2.79. The van der Waals surface area contributed by atoms with Gasteiger partial charge in [-0.25, -0.2) is 0 Å². The van der Waals surface area contributed by atoms with Gasteiger partial charge in [-0.15, -0.1) is 0 Å². The van der Waals surface area contributed by atoms with Crippen LogP contribution in [0.4, 0.5) is 5.69 Å². The summed E-state index contributed by atoms with van der Waals surface area (Å²) >= 11 is 0. The lowest BCUT2D eigenvalue weighted by atomic mass is 9.76. The second kappa shape index (κ2) is 42.8. The van der Waals surface area contributed by atoms with Crippen LogP contribution < -0.4 is 32.1 Å². The number of benzene rings is 6. The largest absolute Gasteiger partial charge is 0.403 e. The first kappa shape index (κ1) is 75.5. The summed E-state index contributed by atoms with van der Waals surface area (Å²) in [4.78, 5) is 39.7. The van der Waals surface area contributed by atoms with Gasteiger partial charge in [-0.05, 0) is 94.9 Å². The molecule has 0 fully saturated rings. The molecule has 0 bridgehead atoms. The Morgan fingerprint density at radius 1 is 0.462 bits per heavy atom. The van der Waals surface area contributed by atoms with E-state index in [2.05, 4.69) is 165 Å². The number of hydrogen-bond acceptors (Lipinski definition) is 14. The molecular formula is C75H104N4O13Si. The average Bonchev–Trinajstić information content (AvgIpc) is 0.762. The summed E-state index contributed by atoms with van der Waals surface area (Å²) < 4.78 is 57.4. The van der Waals surface area contributed by atoms with Crippen molar-refractivity contribution in [3.05, 3.63) is 198 Å². The molecule has 0 spiro atoms. The summed E-state index contributed by atoms with van der Waals surface area (Å²) in [6.45, 7) is 21.6. The Balaban J connectivity index is 0.948. The third-order valence-corrected chi connectivity index (χ3v) is 21.1. The highest BCUT2D eigenvalue weighted by Gasteiger charge is 2.50. The molecule has 0 heterocycles. The van der Waals surface area contributed by atoms with E-state index in [0.29, 0.717) is 157 Å². The van der Waals surface area contributed by atoms with Crippen molar-refractivity contribution in [2.45, 2.75) is 96.9 Å². The van der Waals surface area contributed by atoms with Gasteiger partial charge in [-0.1, -0.05) is 198 Å². The highest BCUT2D eigenvalue weighted by molar-refractivity contribution is 6.99. The number of aryl methyl sites for hydroxylation is 1. The number of carbonyl (C=O) groups excluding carboxylic acids is 3. The van der Waals surface area contributed by atoms with Crippen LogP contribution in [0, 0.1) is 18.8 Å². The number of ether oxygens (including phenoxy) is 9. The van der Waals surface area contributed by atoms with Gasteiger partial charge in [0.05, 0.1) is 124 Å². The molecule has 0 saturated heterocycles. The van der Waals surface area contributed by atoms with Gasteiger partial charge in [-0.3, -0.25) is 19.7 Å². The Kier molecular flexibility index (Phi) is 34.7. The first-order valence-electron chi connectivity index (χ1n) is 33.1. The Hall–Kier alpha value is -6.49. The summed E-state index contributed by atoms with van der Waals surface area (Å²) in [5.74, 6) is -1.24. The first-order chi connectivity index (χ1) is 45.2. The van der Waals surface area contributed by atoms with Gasteiger partial charge in [0.2, 0.25) is 17.7 Å². The van der Waals surface area contributed by atoms with Crippen molar-refractivity contribution in [2.24, 2.45) is 17.6 Å². The fraction of sp³-hybridized carbons (Fsp3) is 0.480. The second-order valence-corrected chi connectivity index (χ2v) is 28.6. The monoisotopic (exact) mass is 1300 g/mol. The zero-order chi connectivity index (χ0) is 66.3. The van der Waals surface area contributed by atoms with Crippen molar-refractivity contribution in [3.63, 3.8) is 0 Å². The molecular weight excluding hydrogens is 1190 g/mol. The normalized spacial score (nSPS) is 12.6. The van der Waals surface area contributed by atoms with Crippen LogP contribution in [-0.2, 0) is 73.6 Å². The van der Waals surface area contributed by atoms with Crippen LogP contribution in [0.3, 0.4) is 0 Å². The van der Waals surface area contributed by atoms with Gasteiger partial charge in [0.1, 0.15) is 6.04 Å². The van der Waals surface area contributed by atoms with Crippen LogP contribution in [0.1, 0.15) is 94.5 Å². The van der Waals surface area contributed by atoms with Gasteiger partial charge in [0.25, 0.3) is 8.32 Å². The molecule has 6 rings (SSSR count). The van der Waals surface area contributed by atoms with Gasteiger partial charge in [0.15, 0.2) is 0 Å². The van der Waals surface area contributed by atoms with Crippen LogP contribution in [0.25, 0.3) is 0 Å². The maximum Gasteiger partial charge on any atom is 0.261 e. The third kappa shape index (κ3) is 26.0. The number of unbranched alkanes of at least 4 members (excludes halogenated alkanes) is 1. The first-order valence-corrected chi connectivity index (χ1v) is 35.0. The predicted octanol–water partition coefficient (Wildman–Crippen LogP) is 9.93. The lowest BCUT2D eigenvalue weighted by molar-refractivity contribution is -0.131. The number of primary amides is 1.